The molecule has 1 N–H and O–H groups in total. The average Bonchev–Trinajstić information content (AvgIpc) is 2.48. The molecule has 0 saturated carbocycles. The molecule has 2 rings (SSSR count). The van der Waals surface area contributed by atoms with E-state index >= 15 is 0 Å². The predicted molar refractivity (Wildman–Crippen MR) is 85.1 cm³/mol. The quantitative estimate of drug-likeness (QED) is 0.733. The van der Waals surface area contributed by atoms with Crippen molar-refractivity contribution in [1.29, 1.82) is 5.41 Å². The van der Waals surface area contributed by atoms with Gasteiger partial charge in [0.05, 0.1) is 0 Å². The summed E-state index contributed by atoms with van der Waals surface area (Å²) in [7, 11) is 0. The van der Waals surface area contributed by atoms with Crippen molar-refractivity contribution in [3.8, 4) is 11.1 Å². The summed E-state index contributed by atoms with van der Waals surface area (Å²) in [6.07, 6.45) is 3.46. The molecule has 0 radical (unpaired) electrons. The van der Waals surface area contributed by atoms with Gasteiger partial charge in [0.1, 0.15) is 0 Å². The summed E-state index contributed by atoms with van der Waals surface area (Å²) < 4.78 is 0. The second kappa shape index (κ2) is 8.25. The number of hydrogen-bond acceptors (Lipinski definition) is 1. The van der Waals surface area contributed by atoms with Crippen LogP contribution >= 0.6 is 0 Å². The van der Waals surface area contributed by atoms with Crippen LogP contribution in [0.5, 0.6) is 0 Å². The zero-order chi connectivity index (χ0) is 14.1. The molecule has 0 amide bonds. The molecule has 0 aliphatic carbocycles. The van der Waals surface area contributed by atoms with E-state index in [1.807, 2.05) is 0 Å². The number of benzene rings is 2. The first-order chi connectivity index (χ1) is 9.24. The van der Waals surface area contributed by atoms with Gasteiger partial charge in [-0.15, -0.1) is 0 Å². The minimum Gasteiger partial charge on any atom is -0.313 e. The van der Waals surface area contributed by atoms with E-state index in [9.17, 15) is 0 Å². The fourth-order valence-corrected chi connectivity index (χ4v) is 1.87. The first kappa shape index (κ1) is 15.2. The van der Waals surface area contributed by atoms with Crippen LogP contribution in [0.1, 0.15) is 31.9 Å². The van der Waals surface area contributed by atoms with Crippen LogP contribution < -0.4 is 0 Å². The van der Waals surface area contributed by atoms with Crippen LogP contribution in [-0.2, 0) is 12.8 Å². The summed E-state index contributed by atoms with van der Waals surface area (Å²) in [6, 6.07) is 17.7. The Morgan fingerprint density at radius 3 is 1.21 bits per heavy atom. The van der Waals surface area contributed by atoms with E-state index in [-0.39, 0.29) is 0 Å². The Morgan fingerprint density at radius 2 is 1.00 bits per heavy atom. The Labute approximate surface area is 116 Å². The second-order valence-electron chi connectivity index (χ2n) is 4.39. The highest BCUT2D eigenvalue weighted by molar-refractivity contribution is 5.63. The molecule has 1 heteroatoms. The molecule has 2 aromatic carbocycles. The van der Waals surface area contributed by atoms with Gasteiger partial charge in [0.15, 0.2) is 0 Å². The van der Waals surface area contributed by atoms with Crippen molar-refractivity contribution >= 4 is 6.21 Å². The lowest BCUT2D eigenvalue weighted by molar-refractivity contribution is 1.14. The first-order valence-electron chi connectivity index (χ1n) is 6.88. The third-order valence-corrected chi connectivity index (χ3v) is 3.06. The summed E-state index contributed by atoms with van der Waals surface area (Å²) in [6.45, 7) is 6.04. The van der Waals surface area contributed by atoms with Gasteiger partial charge in [-0.3, -0.25) is 0 Å². The summed E-state index contributed by atoms with van der Waals surface area (Å²) in [5, 5.41) is 6.08. The summed E-state index contributed by atoms with van der Waals surface area (Å²) >= 11 is 0. The first-order valence-corrected chi connectivity index (χ1v) is 6.88. The Balaban J connectivity index is 0.000000550. The molecule has 0 spiro atoms. The average molecular weight is 253 g/mol. The molecule has 1 nitrogen and oxygen atoms in total. The van der Waals surface area contributed by atoms with Crippen LogP contribution in [0.2, 0.25) is 0 Å². The van der Waals surface area contributed by atoms with Gasteiger partial charge in [-0.1, -0.05) is 62.4 Å². The van der Waals surface area contributed by atoms with E-state index in [2.05, 4.69) is 62.4 Å². The molecule has 0 unspecified atom stereocenters. The molecule has 0 heterocycles. The van der Waals surface area contributed by atoms with Crippen molar-refractivity contribution in [2.45, 2.75) is 33.6 Å². The molecule has 0 saturated heterocycles. The van der Waals surface area contributed by atoms with E-state index in [1.54, 1.807) is 6.92 Å². The minimum absolute atomic E-state index is 1.11. The number of nitrogens with one attached hydrogen (secondary N) is 1. The second-order valence-corrected chi connectivity index (χ2v) is 4.39. The van der Waals surface area contributed by atoms with Crippen LogP contribution in [0.25, 0.3) is 11.1 Å². The predicted octanol–water partition coefficient (Wildman–Crippen LogP) is 5.13. The lowest BCUT2D eigenvalue weighted by Gasteiger charge is -2.04. The summed E-state index contributed by atoms with van der Waals surface area (Å²) in [5.41, 5.74) is 5.41. The molecule has 2 aromatic rings. The van der Waals surface area contributed by atoms with E-state index in [1.165, 1.54) is 28.5 Å². The molecule has 0 aromatic heterocycles. The SMILES string of the molecule is CC=N.CCc1ccc(-c2ccc(CC)cc2)cc1. The topological polar surface area (TPSA) is 23.9 Å². The van der Waals surface area contributed by atoms with E-state index < -0.39 is 0 Å². The molecule has 19 heavy (non-hydrogen) atoms. The Hall–Kier alpha value is -1.89. The smallest absolute Gasteiger partial charge is 0.00788 e. The molecule has 0 bridgehead atoms. The van der Waals surface area contributed by atoms with E-state index in [0.717, 1.165) is 12.8 Å². The maximum atomic E-state index is 6.08. The molecular formula is C18H23N. The molecule has 0 fully saturated rings. The van der Waals surface area contributed by atoms with E-state index in [4.69, 9.17) is 5.41 Å². The zero-order valence-corrected chi connectivity index (χ0v) is 12.1. The Kier molecular flexibility index (Phi) is 6.59. The molecule has 0 aliphatic rings. The standard InChI is InChI=1S/C16H18.C2H5N/c1-3-13-5-9-15(10-6-13)16-11-7-14(4-2)8-12-16;1-2-3/h5-12H,3-4H2,1-2H3;2-3H,1H3. The molecular weight excluding hydrogens is 230 g/mol. The fourth-order valence-electron chi connectivity index (χ4n) is 1.87. The minimum atomic E-state index is 1.11. The Bertz CT molecular complexity index is 435. The fraction of sp³-hybridized carbons (Fsp3) is 0.278. The van der Waals surface area contributed by atoms with Crippen LogP contribution in [0.3, 0.4) is 0 Å². The Morgan fingerprint density at radius 1 is 0.737 bits per heavy atom. The van der Waals surface area contributed by atoms with Gasteiger partial charge in [0.25, 0.3) is 0 Å². The number of aryl methyl sites for hydroxylation is 2. The lowest BCUT2D eigenvalue weighted by atomic mass is 10.0. The van der Waals surface area contributed by atoms with Crippen molar-refractivity contribution in [2.24, 2.45) is 0 Å². The van der Waals surface area contributed by atoms with Crippen LogP contribution in [0.4, 0.5) is 0 Å². The number of rotatable bonds is 3. The lowest BCUT2D eigenvalue weighted by Crippen LogP contribution is -1.83. The van der Waals surface area contributed by atoms with Crippen LogP contribution in [0, 0.1) is 5.41 Å². The van der Waals surface area contributed by atoms with Crippen molar-refractivity contribution in [2.75, 3.05) is 0 Å². The maximum absolute atomic E-state index is 6.08. The summed E-state index contributed by atoms with van der Waals surface area (Å²) in [5.74, 6) is 0. The highest BCUT2D eigenvalue weighted by atomic mass is 14.3. The van der Waals surface area contributed by atoms with Gasteiger partial charge >= 0.3 is 0 Å². The van der Waals surface area contributed by atoms with Crippen LogP contribution in [-0.4, -0.2) is 6.21 Å². The van der Waals surface area contributed by atoms with Crippen molar-refractivity contribution < 1.29 is 0 Å². The van der Waals surface area contributed by atoms with E-state index in [0.29, 0.717) is 0 Å². The van der Waals surface area contributed by atoms with Crippen molar-refractivity contribution in [3.05, 3.63) is 59.7 Å². The third kappa shape index (κ3) is 4.70. The van der Waals surface area contributed by atoms with Gasteiger partial charge in [0.2, 0.25) is 0 Å². The molecule has 0 atom stereocenters. The highest BCUT2D eigenvalue weighted by Gasteiger charge is 1.97. The van der Waals surface area contributed by atoms with Crippen molar-refractivity contribution in [1.82, 2.24) is 0 Å². The maximum Gasteiger partial charge on any atom is -0.00788 e. The molecule has 0 aliphatic heterocycles. The zero-order valence-electron chi connectivity index (χ0n) is 12.1. The highest BCUT2D eigenvalue weighted by Crippen LogP contribution is 2.20. The van der Waals surface area contributed by atoms with Crippen LogP contribution in [0.15, 0.2) is 48.5 Å². The van der Waals surface area contributed by atoms with Gasteiger partial charge in [0, 0.05) is 0 Å². The van der Waals surface area contributed by atoms with Gasteiger partial charge in [-0.25, -0.2) is 0 Å². The summed E-state index contributed by atoms with van der Waals surface area (Å²) in [4.78, 5) is 0. The van der Waals surface area contributed by atoms with Gasteiger partial charge in [-0.2, -0.15) is 0 Å². The van der Waals surface area contributed by atoms with Gasteiger partial charge in [-0.05, 0) is 48.2 Å². The largest absolute Gasteiger partial charge is 0.313 e. The molecule has 100 valence electrons. The van der Waals surface area contributed by atoms with Crippen molar-refractivity contribution in [3.63, 3.8) is 0 Å². The third-order valence-electron chi connectivity index (χ3n) is 3.06. The normalized spacial score (nSPS) is 9.42. The van der Waals surface area contributed by atoms with Gasteiger partial charge < -0.3 is 5.41 Å². The number of hydrogen-bond donors (Lipinski definition) is 1. The monoisotopic (exact) mass is 253 g/mol.